The molecule has 1 heterocycles. The van der Waals surface area contributed by atoms with Crippen molar-refractivity contribution in [1.82, 2.24) is 20.2 Å². The lowest BCUT2D eigenvalue weighted by Crippen LogP contribution is -2.19. The molecule has 0 amide bonds. The minimum Gasteiger partial charge on any atom is -0.481 e. The van der Waals surface area contributed by atoms with Crippen LogP contribution in [-0.4, -0.2) is 37.0 Å². The van der Waals surface area contributed by atoms with Gasteiger partial charge in [0.15, 0.2) is 0 Å². The van der Waals surface area contributed by atoms with Gasteiger partial charge in [-0.05, 0) is 35.1 Å². The number of carboxylic acid groups (broad SMARTS) is 1. The Morgan fingerprint density at radius 1 is 1.44 bits per heavy atom. The molecule has 1 aliphatic carbocycles. The summed E-state index contributed by atoms with van der Waals surface area (Å²) < 4.78 is 1.74. The van der Waals surface area contributed by atoms with Gasteiger partial charge in [0.1, 0.15) is 0 Å². The Morgan fingerprint density at radius 3 is 2.83 bits per heavy atom. The number of hydrogen-bond acceptors (Lipinski definition) is 5. The van der Waals surface area contributed by atoms with Crippen molar-refractivity contribution in [3.8, 4) is 0 Å². The van der Waals surface area contributed by atoms with E-state index in [4.69, 9.17) is 5.11 Å². The molecule has 1 aliphatic rings. The zero-order valence-electron chi connectivity index (χ0n) is 10.4. The molecule has 1 aromatic heterocycles. The van der Waals surface area contributed by atoms with Crippen LogP contribution in [0.2, 0.25) is 0 Å². The smallest absolute Gasteiger partial charge is 0.313 e. The van der Waals surface area contributed by atoms with Gasteiger partial charge in [-0.25, -0.2) is 4.68 Å². The third-order valence-corrected chi connectivity index (χ3v) is 4.33. The van der Waals surface area contributed by atoms with Crippen molar-refractivity contribution in [3.05, 3.63) is 0 Å². The molecule has 0 saturated heterocycles. The van der Waals surface area contributed by atoms with Crippen LogP contribution in [0, 0.1) is 11.8 Å². The Morgan fingerprint density at radius 2 is 2.17 bits per heavy atom. The zero-order valence-corrected chi connectivity index (χ0v) is 11.3. The second-order valence-corrected chi connectivity index (χ2v) is 5.89. The van der Waals surface area contributed by atoms with Crippen LogP contribution in [0.5, 0.6) is 0 Å². The highest BCUT2D eigenvalue weighted by atomic mass is 32.2. The summed E-state index contributed by atoms with van der Waals surface area (Å²) in [5.74, 6) is 0.605. The van der Waals surface area contributed by atoms with Gasteiger partial charge in [0, 0.05) is 6.54 Å². The van der Waals surface area contributed by atoms with Gasteiger partial charge in [0.2, 0.25) is 5.16 Å². The average Bonchev–Trinajstić information content (AvgIpc) is 2.77. The highest BCUT2D eigenvalue weighted by Gasteiger charge is 2.20. The molecule has 2 rings (SSSR count). The average molecular weight is 270 g/mol. The van der Waals surface area contributed by atoms with Gasteiger partial charge in [-0.2, -0.15) is 0 Å². The van der Waals surface area contributed by atoms with Gasteiger partial charge in [-0.1, -0.05) is 31.5 Å². The van der Waals surface area contributed by atoms with E-state index >= 15 is 0 Å². The van der Waals surface area contributed by atoms with Gasteiger partial charge in [0.25, 0.3) is 0 Å². The Hall–Kier alpha value is -1.11. The molecule has 0 spiro atoms. The van der Waals surface area contributed by atoms with Crippen LogP contribution in [-0.2, 0) is 11.3 Å². The van der Waals surface area contributed by atoms with Crippen LogP contribution in [0.1, 0.15) is 32.6 Å². The predicted molar refractivity (Wildman–Crippen MR) is 67.3 cm³/mol. The first-order chi connectivity index (χ1) is 8.65. The van der Waals surface area contributed by atoms with Crippen molar-refractivity contribution in [2.75, 3.05) is 5.75 Å². The molecule has 0 radical (unpaired) electrons. The van der Waals surface area contributed by atoms with Gasteiger partial charge >= 0.3 is 5.97 Å². The third kappa shape index (κ3) is 3.69. The van der Waals surface area contributed by atoms with Crippen molar-refractivity contribution >= 4 is 17.7 Å². The van der Waals surface area contributed by atoms with E-state index in [-0.39, 0.29) is 5.75 Å². The number of thioether (sulfide) groups is 1. The van der Waals surface area contributed by atoms with E-state index < -0.39 is 5.97 Å². The molecular weight excluding hydrogens is 252 g/mol. The minimum absolute atomic E-state index is 0.00206. The summed E-state index contributed by atoms with van der Waals surface area (Å²) in [4.78, 5) is 10.5. The van der Waals surface area contributed by atoms with Crippen LogP contribution in [0.3, 0.4) is 0 Å². The second kappa shape index (κ2) is 6.17. The maximum absolute atomic E-state index is 10.5. The summed E-state index contributed by atoms with van der Waals surface area (Å²) in [5, 5.41) is 20.7. The summed E-state index contributed by atoms with van der Waals surface area (Å²) in [6.45, 7) is 3.10. The van der Waals surface area contributed by atoms with Gasteiger partial charge < -0.3 is 5.11 Å². The lowest BCUT2D eigenvalue weighted by molar-refractivity contribution is -0.133. The largest absolute Gasteiger partial charge is 0.481 e. The third-order valence-electron chi connectivity index (χ3n) is 3.39. The van der Waals surface area contributed by atoms with E-state index in [9.17, 15) is 4.79 Å². The van der Waals surface area contributed by atoms with Crippen molar-refractivity contribution in [3.63, 3.8) is 0 Å². The molecule has 1 aromatic rings. The lowest BCUT2D eigenvalue weighted by Gasteiger charge is -2.25. The van der Waals surface area contributed by atoms with Gasteiger partial charge in [0.05, 0.1) is 5.75 Å². The summed E-state index contributed by atoms with van der Waals surface area (Å²) in [7, 11) is 0. The molecule has 0 unspecified atom stereocenters. The normalized spacial score (nSPS) is 24.1. The summed E-state index contributed by atoms with van der Waals surface area (Å²) in [6, 6.07) is 0. The molecule has 1 saturated carbocycles. The molecule has 1 fully saturated rings. The zero-order chi connectivity index (χ0) is 13.0. The van der Waals surface area contributed by atoms with E-state index in [0.29, 0.717) is 11.1 Å². The van der Waals surface area contributed by atoms with Crippen molar-refractivity contribution < 1.29 is 9.90 Å². The fourth-order valence-corrected chi connectivity index (χ4v) is 2.90. The number of aromatic nitrogens is 4. The summed E-state index contributed by atoms with van der Waals surface area (Å²) >= 11 is 1.18. The lowest BCUT2D eigenvalue weighted by atomic mass is 9.83. The van der Waals surface area contributed by atoms with Crippen LogP contribution in [0.4, 0.5) is 0 Å². The van der Waals surface area contributed by atoms with E-state index in [1.807, 2.05) is 0 Å². The van der Waals surface area contributed by atoms with E-state index in [2.05, 4.69) is 22.4 Å². The van der Waals surface area contributed by atoms with Gasteiger partial charge in [-0.3, -0.25) is 4.79 Å². The van der Waals surface area contributed by atoms with Gasteiger partial charge in [-0.15, -0.1) is 5.10 Å². The number of hydrogen-bond donors (Lipinski definition) is 1. The molecule has 18 heavy (non-hydrogen) atoms. The first kappa shape index (κ1) is 13.3. The Balaban J connectivity index is 1.89. The Labute approximate surface area is 110 Å². The highest BCUT2D eigenvalue weighted by Crippen LogP contribution is 2.29. The standard InChI is InChI=1S/C11H18N4O2S/c1-8-2-4-9(5-3-8)6-15-11(12-13-14-15)18-7-10(16)17/h8-9H,2-7H2,1H3,(H,16,17). The van der Waals surface area contributed by atoms with E-state index in [1.54, 1.807) is 4.68 Å². The molecule has 0 aliphatic heterocycles. The second-order valence-electron chi connectivity index (χ2n) is 4.95. The summed E-state index contributed by atoms with van der Waals surface area (Å²) in [6.07, 6.45) is 4.96. The molecule has 0 aromatic carbocycles. The molecule has 1 N–H and O–H groups in total. The van der Waals surface area contributed by atoms with E-state index in [1.165, 1.54) is 37.4 Å². The number of carboxylic acids is 1. The highest BCUT2D eigenvalue weighted by molar-refractivity contribution is 7.99. The quantitative estimate of drug-likeness (QED) is 0.820. The number of tetrazole rings is 1. The number of rotatable bonds is 5. The van der Waals surface area contributed by atoms with Crippen LogP contribution < -0.4 is 0 Å². The molecular formula is C11H18N4O2S. The molecule has 7 heteroatoms. The predicted octanol–water partition coefficient (Wildman–Crippen LogP) is 1.68. The van der Waals surface area contributed by atoms with Crippen molar-refractivity contribution in [1.29, 1.82) is 0 Å². The van der Waals surface area contributed by atoms with Crippen molar-refractivity contribution in [2.45, 2.75) is 44.3 Å². The fourth-order valence-electron chi connectivity index (χ4n) is 2.30. The minimum atomic E-state index is -0.846. The first-order valence-electron chi connectivity index (χ1n) is 6.26. The molecule has 0 bridgehead atoms. The van der Waals surface area contributed by atoms with Crippen LogP contribution in [0.15, 0.2) is 5.16 Å². The summed E-state index contributed by atoms with van der Waals surface area (Å²) in [5.41, 5.74) is 0. The maximum Gasteiger partial charge on any atom is 0.313 e. The monoisotopic (exact) mass is 270 g/mol. The fraction of sp³-hybridized carbons (Fsp3) is 0.818. The molecule has 6 nitrogen and oxygen atoms in total. The Kier molecular flexibility index (Phi) is 4.57. The molecule has 0 atom stereocenters. The topological polar surface area (TPSA) is 80.9 Å². The van der Waals surface area contributed by atoms with Crippen LogP contribution >= 0.6 is 11.8 Å². The van der Waals surface area contributed by atoms with Crippen LogP contribution in [0.25, 0.3) is 0 Å². The number of aliphatic carboxylic acids is 1. The van der Waals surface area contributed by atoms with E-state index in [0.717, 1.165) is 12.5 Å². The number of nitrogens with zero attached hydrogens (tertiary/aromatic N) is 4. The Bertz CT molecular complexity index is 402. The SMILES string of the molecule is CC1CCC(Cn2nnnc2SCC(=O)O)CC1. The number of carbonyl (C=O) groups is 1. The first-order valence-corrected chi connectivity index (χ1v) is 7.24. The van der Waals surface area contributed by atoms with Crippen molar-refractivity contribution in [2.24, 2.45) is 11.8 Å². The molecule has 100 valence electrons. The maximum atomic E-state index is 10.5.